The first-order valence-electron chi connectivity index (χ1n) is 6.69. The van der Waals surface area contributed by atoms with Gasteiger partial charge in [0, 0.05) is 14.6 Å². The summed E-state index contributed by atoms with van der Waals surface area (Å²) >= 11 is 0. The van der Waals surface area contributed by atoms with Gasteiger partial charge in [0.15, 0.2) is 0 Å². The zero-order valence-corrected chi connectivity index (χ0v) is 13.7. The zero-order valence-electron chi connectivity index (χ0n) is 12.7. The van der Waals surface area contributed by atoms with E-state index in [1.807, 2.05) is 24.3 Å². The van der Waals surface area contributed by atoms with Crippen LogP contribution >= 0.6 is 0 Å². The predicted molar refractivity (Wildman–Crippen MR) is 82.5 cm³/mol. The molecule has 1 rings (SSSR count). The van der Waals surface area contributed by atoms with Gasteiger partial charge in [-0.3, -0.25) is 5.43 Å². The molecule has 1 amide bonds. The molecule has 0 atom stereocenters. The molecule has 0 aliphatic heterocycles. The highest BCUT2D eigenvalue weighted by molar-refractivity contribution is 6.76. The van der Waals surface area contributed by atoms with Crippen LogP contribution in [0, 0.1) is 0 Å². The number of rotatable bonds is 7. The van der Waals surface area contributed by atoms with Crippen molar-refractivity contribution in [2.75, 3.05) is 13.7 Å². The van der Waals surface area contributed by atoms with Crippen LogP contribution in [0.3, 0.4) is 0 Å². The maximum absolute atomic E-state index is 11.4. The first-order valence-corrected chi connectivity index (χ1v) is 10.4. The average Bonchev–Trinajstić information content (AvgIpc) is 2.38. The van der Waals surface area contributed by atoms with Gasteiger partial charge in [-0.05, 0) is 23.7 Å². The second-order valence-corrected chi connectivity index (χ2v) is 11.4. The summed E-state index contributed by atoms with van der Waals surface area (Å²) in [5.41, 5.74) is 6.40. The van der Waals surface area contributed by atoms with E-state index in [0.717, 1.165) is 17.4 Å². The Balaban J connectivity index is 2.18. The van der Waals surface area contributed by atoms with Gasteiger partial charge in [-0.25, -0.2) is 10.2 Å². The Kier molecular flexibility index (Phi) is 6.54. The summed E-state index contributed by atoms with van der Waals surface area (Å²) in [7, 11) is 0.476. The third-order valence-corrected chi connectivity index (χ3v) is 4.43. The lowest BCUT2D eigenvalue weighted by Crippen LogP contribution is -2.37. The van der Waals surface area contributed by atoms with Crippen LogP contribution in [-0.2, 0) is 11.3 Å². The van der Waals surface area contributed by atoms with Crippen molar-refractivity contribution in [3.63, 3.8) is 0 Å². The Morgan fingerprint density at radius 1 is 1.20 bits per heavy atom. The van der Waals surface area contributed by atoms with E-state index >= 15 is 0 Å². The van der Waals surface area contributed by atoms with Crippen LogP contribution < -0.4 is 15.6 Å². The number of hydrazine groups is 1. The molecule has 1 aromatic rings. The first-order chi connectivity index (χ1) is 9.40. The molecule has 0 bridgehead atoms. The molecule has 0 aliphatic carbocycles. The molecule has 2 N–H and O–H groups in total. The second kappa shape index (κ2) is 7.91. The van der Waals surface area contributed by atoms with E-state index < -0.39 is 14.2 Å². The van der Waals surface area contributed by atoms with E-state index in [0.29, 0.717) is 13.2 Å². The average molecular weight is 296 g/mol. The van der Waals surface area contributed by atoms with E-state index in [-0.39, 0.29) is 0 Å². The van der Waals surface area contributed by atoms with Crippen molar-refractivity contribution in [2.45, 2.75) is 32.2 Å². The Bertz CT molecular complexity index is 415. The van der Waals surface area contributed by atoms with Crippen molar-refractivity contribution in [3.05, 3.63) is 29.8 Å². The maximum atomic E-state index is 11.4. The Morgan fingerprint density at radius 3 is 2.40 bits per heavy atom. The molecular weight excluding hydrogens is 272 g/mol. The lowest BCUT2D eigenvalue weighted by molar-refractivity contribution is 0.146. The fourth-order valence-corrected chi connectivity index (χ4v) is 2.16. The molecule has 112 valence electrons. The molecule has 6 heteroatoms. The molecular formula is C14H24N2O3Si. The topological polar surface area (TPSA) is 59.6 Å². The minimum absolute atomic E-state index is 0.434. The normalized spacial score (nSPS) is 11.0. The lowest BCUT2D eigenvalue weighted by Gasteiger charge is -2.15. The quantitative estimate of drug-likeness (QED) is 0.600. The SMILES string of the molecule is COc1ccc(CNNC(=O)OCC[Si](C)(C)C)cc1. The van der Waals surface area contributed by atoms with Crippen LogP contribution in [0.15, 0.2) is 24.3 Å². The molecule has 0 fully saturated rings. The van der Waals surface area contributed by atoms with Crippen molar-refractivity contribution in [1.29, 1.82) is 0 Å². The molecule has 0 aromatic heterocycles. The highest BCUT2D eigenvalue weighted by Crippen LogP contribution is 2.10. The highest BCUT2D eigenvalue weighted by atomic mass is 28.3. The molecule has 0 heterocycles. The third-order valence-electron chi connectivity index (χ3n) is 2.73. The third kappa shape index (κ3) is 7.15. The largest absolute Gasteiger partial charge is 0.497 e. The number of carbonyl (C=O) groups is 1. The van der Waals surface area contributed by atoms with E-state index in [9.17, 15) is 4.79 Å². The van der Waals surface area contributed by atoms with Crippen LogP contribution in [0.5, 0.6) is 5.75 Å². The van der Waals surface area contributed by atoms with Gasteiger partial charge in [0.2, 0.25) is 0 Å². The molecule has 20 heavy (non-hydrogen) atoms. The van der Waals surface area contributed by atoms with Gasteiger partial charge >= 0.3 is 6.09 Å². The van der Waals surface area contributed by atoms with Crippen molar-refractivity contribution >= 4 is 14.2 Å². The number of ether oxygens (including phenoxy) is 2. The standard InChI is InChI=1S/C14H24N2O3Si/c1-18-13-7-5-12(6-8-13)11-15-16-14(17)19-9-10-20(2,3)4/h5-8,15H,9-11H2,1-4H3,(H,16,17). The summed E-state index contributed by atoms with van der Waals surface area (Å²) in [6.45, 7) is 7.75. The van der Waals surface area contributed by atoms with Gasteiger partial charge in [-0.2, -0.15) is 0 Å². The summed E-state index contributed by atoms with van der Waals surface area (Å²) < 4.78 is 10.2. The smallest absolute Gasteiger partial charge is 0.421 e. The van der Waals surface area contributed by atoms with E-state index in [4.69, 9.17) is 9.47 Å². The summed E-state index contributed by atoms with van der Waals surface area (Å²) in [6, 6.07) is 8.60. The summed E-state index contributed by atoms with van der Waals surface area (Å²) in [6.07, 6.45) is -0.434. The molecule has 0 radical (unpaired) electrons. The number of amides is 1. The van der Waals surface area contributed by atoms with Gasteiger partial charge < -0.3 is 9.47 Å². The molecule has 0 spiro atoms. The summed E-state index contributed by atoms with van der Waals surface area (Å²) in [5, 5.41) is 0. The van der Waals surface area contributed by atoms with Crippen molar-refractivity contribution in [2.24, 2.45) is 0 Å². The van der Waals surface area contributed by atoms with Gasteiger partial charge in [0.05, 0.1) is 13.7 Å². The molecule has 0 unspecified atom stereocenters. The minimum atomic E-state index is -1.15. The van der Waals surface area contributed by atoms with Crippen molar-refractivity contribution in [3.8, 4) is 5.75 Å². The molecule has 0 aliphatic rings. The molecule has 5 nitrogen and oxygen atoms in total. The van der Waals surface area contributed by atoms with Crippen molar-refractivity contribution < 1.29 is 14.3 Å². The van der Waals surface area contributed by atoms with Gasteiger partial charge in [0.1, 0.15) is 5.75 Å². The number of hydrogen-bond acceptors (Lipinski definition) is 4. The summed E-state index contributed by atoms with van der Waals surface area (Å²) in [4.78, 5) is 11.4. The Hall–Kier alpha value is -1.53. The van der Waals surface area contributed by atoms with Crippen LogP contribution in [0.4, 0.5) is 4.79 Å². The molecule has 1 aromatic carbocycles. The first kappa shape index (κ1) is 16.5. The lowest BCUT2D eigenvalue weighted by atomic mass is 10.2. The minimum Gasteiger partial charge on any atom is -0.497 e. The number of methoxy groups -OCH3 is 1. The Labute approximate surface area is 121 Å². The maximum Gasteiger partial charge on any atom is 0.421 e. The van der Waals surface area contributed by atoms with E-state index in [2.05, 4.69) is 30.5 Å². The van der Waals surface area contributed by atoms with Gasteiger partial charge in [-0.1, -0.05) is 31.8 Å². The fourth-order valence-electron chi connectivity index (χ4n) is 1.45. The number of carbonyl (C=O) groups excluding carboxylic acids is 1. The zero-order chi connectivity index (χ0) is 15.0. The van der Waals surface area contributed by atoms with Crippen molar-refractivity contribution in [1.82, 2.24) is 10.9 Å². The predicted octanol–water partition coefficient (Wildman–Crippen LogP) is 2.76. The number of benzene rings is 1. The van der Waals surface area contributed by atoms with Crippen LogP contribution in [-0.4, -0.2) is 27.9 Å². The van der Waals surface area contributed by atoms with E-state index in [1.165, 1.54) is 0 Å². The highest BCUT2D eigenvalue weighted by Gasteiger charge is 2.13. The number of hydrogen-bond donors (Lipinski definition) is 2. The van der Waals surface area contributed by atoms with Gasteiger partial charge in [-0.15, -0.1) is 0 Å². The Morgan fingerprint density at radius 2 is 1.85 bits per heavy atom. The van der Waals surface area contributed by atoms with Crippen LogP contribution in [0.1, 0.15) is 5.56 Å². The number of nitrogens with one attached hydrogen (secondary N) is 2. The summed E-state index contributed by atoms with van der Waals surface area (Å²) in [5.74, 6) is 0.812. The van der Waals surface area contributed by atoms with E-state index in [1.54, 1.807) is 7.11 Å². The fraction of sp³-hybridized carbons (Fsp3) is 0.500. The van der Waals surface area contributed by atoms with Gasteiger partial charge in [0.25, 0.3) is 0 Å². The van der Waals surface area contributed by atoms with Crippen LogP contribution in [0.25, 0.3) is 0 Å². The molecule has 0 saturated heterocycles. The van der Waals surface area contributed by atoms with Crippen LogP contribution in [0.2, 0.25) is 25.7 Å². The monoisotopic (exact) mass is 296 g/mol. The molecule has 0 saturated carbocycles. The second-order valence-electron chi connectivity index (χ2n) is 5.77.